The largest absolute Gasteiger partial charge is 0.480 e. The van der Waals surface area contributed by atoms with Crippen LogP contribution < -0.4 is 0 Å². The summed E-state index contributed by atoms with van der Waals surface area (Å²) in [7, 11) is 0. The third-order valence-corrected chi connectivity index (χ3v) is 4.45. The maximum Gasteiger partial charge on any atom is 0.326 e. The van der Waals surface area contributed by atoms with Gasteiger partial charge < -0.3 is 5.11 Å². The van der Waals surface area contributed by atoms with Gasteiger partial charge in [0.05, 0.1) is 4.91 Å². The lowest BCUT2D eigenvalue weighted by Crippen LogP contribution is -2.41. The molecule has 6 heteroatoms. The number of carboxylic acids is 1. The van der Waals surface area contributed by atoms with Crippen LogP contribution in [0.3, 0.4) is 0 Å². The Morgan fingerprint density at radius 3 is 2.59 bits per heavy atom. The zero-order valence-electron chi connectivity index (χ0n) is 12.1. The zero-order valence-corrected chi connectivity index (χ0v) is 13.8. The molecule has 1 N–H and O–H groups in total. The monoisotopic (exact) mass is 333 g/mol. The van der Waals surface area contributed by atoms with Gasteiger partial charge in [-0.2, -0.15) is 0 Å². The van der Waals surface area contributed by atoms with Gasteiger partial charge in [0.25, 0.3) is 5.91 Å². The van der Waals surface area contributed by atoms with E-state index in [0.29, 0.717) is 4.91 Å². The number of nitrogens with zero attached hydrogens (tertiary/aromatic N) is 1. The molecule has 1 aliphatic heterocycles. The molecule has 0 saturated carbocycles. The van der Waals surface area contributed by atoms with Crippen LogP contribution in [-0.4, -0.2) is 32.2 Å². The molecule has 1 aromatic rings. The van der Waals surface area contributed by atoms with Crippen LogP contribution in [0.1, 0.15) is 19.4 Å². The van der Waals surface area contributed by atoms with E-state index in [1.807, 2.05) is 43.3 Å². The van der Waals surface area contributed by atoms with Crippen LogP contribution in [-0.2, 0) is 9.59 Å². The Kier molecular flexibility index (Phi) is 5.15. The summed E-state index contributed by atoms with van der Waals surface area (Å²) < 4.78 is 0.277. The van der Waals surface area contributed by atoms with Crippen LogP contribution in [0, 0.1) is 0 Å². The summed E-state index contributed by atoms with van der Waals surface area (Å²) >= 11 is 6.25. The smallest absolute Gasteiger partial charge is 0.326 e. The second-order valence-corrected chi connectivity index (χ2v) is 6.54. The molecule has 0 aromatic heterocycles. The van der Waals surface area contributed by atoms with E-state index in [1.54, 1.807) is 6.08 Å². The minimum Gasteiger partial charge on any atom is -0.480 e. The zero-order chi connectivity index (χ0) is 16.3. The molecular weight excluding hydrogens is 318 g/mol. The summed E-state index contributed by atoms with van der Waals surface area (Å²) in [6.45, 7) is 3.34. The Balaban J connectivity index is 2.23. The van der Waals surface area contributed by atoms with Crippen molar-refractivity contribution in [2.75, 3.05) is 0 Å². The molecule has 0 spiro atoms. The predicted molar refractivity (Wildman–Crippen MR) is 92.3 cm³/mol. The lowest BCUT2D eigenvalue weighted by molar-refractivity contribution is -0.144. The molecule has 0 aliphatic carbocycles. The molecule has 0 radical (unpaired) electrons. The average Bonchev–Trinajstić information content (AvgIpc) is 2.73. The minimum absolute atomic E-state index is 0.277. The van der Waals surface area contributed by atoms with Crippen LogP contribution in [0.25, 0.3) is 6.08 Å². The first-order valence-corrected chi connectivity index (χ1v) is 7.86. The number of aliphatic carboxylic acids is 1. The fourth-order valence-electron chi connectivity index (χ4n) is 1.98. The van der Waals surface area contributed by atoms with Crippen molar-refractivity contribution in [2.24, 2.45) is 0 Å². The van der Waals surface area contributed by atoms with Crippen molar-refractivity contribution in [2.45, 2.75) is 19.9 Å². The number of carbonyl (C=O) groups excluding carboxylic acids is 1. The van der Waals surface area contributed by atoms with Gasteiger partial charge in [-0.15, -0.1) is 0 Å². The maximum absolute atomic E-state index is 12.3. The van der Waals surface area contributed by atoms with Gasteiger partial charge in [-0.1, -0.05) is 60.4 Å². The summed E-state index contributed by atoms with van der Waals surface area (Å²) in [5.74, 6) is -1.43. The predicted octanol–water partition coefficient (Wildman–Crippen LogP) is 3.31. The molecule has 1 saturated heterocycles. The molecule has 2 rings (SSSR count). The highest BCUT2D eigenvalue weighted by Crippen LogP contribution is 2.33. The van der Waals surface area contributed by atoms with E-state index in [9.17, 15) is 9.59 Å². The number of benzene rings is 1. The Labute approximate surface area is 138 Å². The van der Waals surface area contributed by atoms with Crippen LogP contribution in [0.4, 0.5) is 0 Å². The van der Waals surface area contributed by atoms with Gasteiger partial charge >= 0.3 is 5.97 Å². The number of thioether (sulfide) groups is 1. The SMILES string of the molecule is CC(=Cc1ccccc1)C=C1SC(=S)N([C@H](C)C(=O)O)C1=O. The van der Waals surface area contributed by atoms with E-state index in [-0.39, 0.29) is 10.2 Å². The fraction of sp³-hybridized carbons (Fsp3) is 0.188. The van der Waals surface area contributed by atoms with Gasteiger partial charge in [0.15, 0.2) is 0 Å². The number of amides is 1. The Hall–Kier alpha value is -1.92. The lowest BCUT2D eigenvalue weighted by Gasteiger charge is -2.18. The second-order valence-electron chi connectivity index (χ2n) is 4.86. The quantitative estimate of drug-likeness (QED) is 0.677. The van der Waals surface area contributed by atoms with Crippen LogP contribution >= 0.6 is 24.0 Å². The van der Waals surface area contributed by atoms with Gasteiger partial charge in [0.1, 0.15) is 10.4 Å². The van der Waals surface area contributed by atoms with Crippen molar-refractivity contribution in [1.29, 1.82) is 0 Å². The molecular formula is C16H15NO3S2. The molecule has 0 unspecified atom stereocenters. The van der Waals surface area contributed by atoms with E-state index in [4.69, 9.17) is 17.3 Å². The Morgan fingerprint density at radius 1 is 1.36 bits per heavy atom. The van der Waals surface area contributed by atoms with Crippen molar-refractivity contribution < 1.29 is 14.7 Å². The molecule has 1 atom stereocenters. The highest BCUT2D eigenvalue weighted by atomic mass is 32.2. The second kappa shape index (κ2) is 6.89. The lowest BCUT2D eigenvalue weighted by atomic mass is 10.1. The molecule has 1 amide bonds. The van der Waals surface area contributed by atoms with Crippen LogP contribution in [0.5, 0.6) is 0 Å². The van der Waals surface area contributed by atoms with Crippen molar-refractivity contribution in [3.05, 3.63) is 52.4 Å². The van der Waals surface area contributed by atoms with Crippen molar-refractivity contribution >= 4 is 46.3 Å². The molecule has 1 aliphatic rings. The maximum atomic E-state index is 12.3. The summed E-state index contributed by atoms with van der Waals surface area (Å²) in [5, 5.41) is 9.05. The number of allylic oxidation sites excluding steroid dienone is 2. The van der Waals surface area contributed by atoms with E-state index >= 15 is 0 Å². The van der Waals surface area contributed by atoms with Crippen molar-refractivity contribution in [1.82, 2.24) is 4.90 Å². The number of carbonyl (C=O) groups is 2. The number of carboxylic acid groups (broad SMARTS) is 1. The number of rotatable bonds is 4. The van der Waals surface area contributed by atoms with E-state index in [2.05, 4.69) is 0 Å². The van der Waals surface area contributed by atoms with Crippen LogP contribution in [0.15, 0.2) is 46.9 Å². The number of hydrogen-bond acceptors (Lipinski definition) is 4. The number of hydrogen-bond donors (Lipinski definition) is 1. The van der Waals surface area contributed by atoms with Crippen LogP contribution in [0.2, 0.25) is 0 Å². The fourth-order valence-corrected chi connectivity index (χ4v) is 3.45. The van der Waals surface area contributed by atoms with Gasteiger partial charge in [-0.3, -0.25) is 9.69 Å². The van der Waals surface area contributed by atoms with Gasteiger partial charge in [0, 0.05) is 0 Å². The van der Waals surface area contributed by atoms with E-state index < -0.39 is 12.0 Å². The van der Waals surface area contributed by atoms with Gasteiger partial charge in [0.2, 0.25) is 0 Å². The standard InChI is InChI=1S/C16H15NO3S2/c1-10(8-12-6-4-3-5-7-12)9-13-14(18)17(16(21)22-13)11(2)15(19)20/h3-9,11H,1-2H3,(H,19,20)/t11-/m1/s1. The van der Waals surface area contributed by atoms with E-state index in [0.717, 1.165) is 27.8 Å². The molecule has 1 heterocycles. The molecule has 1 aromatic carbocycles. The summed E-state index contributed by atoms with van der Waals surface area (Å²) in [6, 6.07) is 8.78. The summed E-state index contributed by atoms with van der Waals surface area (Å²) in [6.07, 6.45) is 3.69. The number of thiocarbonyl (C=S) groups is 1. The topological polar surface area (TPSA) is 57.6 Å². The first-order chi connectivity index (χ1) is 10.4. The first-order valence-electron chi connectivity index (χ1n) is 6.63. The summed E-state index contributed by atoms with van der Waals surface area (Å²) in [4.78, 5) is 25.0. The summed E-state index contributed by atoms with van der Waals surface area (Å²) in [5.41, 5.74) is 1.93. The van der Waals surface area contributed by atoms with Crippen molar-refractivity contribution in [3.63, 3.8) is 0 Å². The minimum atomic E-state index is -1.07. The third kappa shape index (κ3) is 3.64. The molecule has 0 bridgehead atoms. The highest BCUT2D eigenvalue weighted by molar-refractivity contribution is 8.26. The molecule has 114 valence electrons. The van der Waals surface area contributed by atoms with Gasteiger partial charge in [-0.05, 0) is 31.1 Å². The highest BCUT2D eigenvalue weighted by Gasteiger charge is 2.38. The Bertz CT molecular complexity index is 680. The average molecular weight is 333 g/mol. The molecule has 1 fully saturated rings. The normalized spacial score (nSPS) is 18.9. The van der Waals surface area contributed by atoms with Crippen molar-refractivity contribution in [3.8, 4) is 0 Å². The first kappa shape index (κ1) is 16.5. The van der Waals surface area contributed by atoms with Gasteiger partial charge in [-0.25, -0.2) is 4.79 Å². The molecule has 4 nitrogen and oxygen atoms in total. The third-order valence-electron chi connectivity index (χ3n) is 3.12. The van der Waals surface area contributed by atoms with E-state index in [1.165, 1.54) is 6.92 Å². The Morgan fingerprint density at radius 2 is 2.00 bits per heavy atom. The molecule has 22 heavy (non-hydrogen) atoms.